The summed E-state index contributed by atoms with van der Waals surface area (Å²) in [4.78, 5) is 26.2. The van der Waals surface area contributed by atoms with Crippen LogP contribution >= 0.6 is 0 Å². The van der Waals surface area contributed by atoms with Crippen molar-refractivity contribution in [3.05, 3.63) is 59.7 Å². The Hall–Kier alpha value is -2.82. The molecule has 1 amide bonds. The summed E-state index contributed by atoms with van der Waals surface area (Å²) in [5.74, 6) is -0.574. The van der Waals surface area contributed by atoms with Crippen molar-refractivity contribution in [1.82, 2.24) is 0 Å². The summed E-state index contributed by atoms with van der Waals surface area (Å²) in [6.45, 7) is 1.59. The van der Waals surface area contributed by atoms with Gasteiger partial charge in [0, 0.05) is 25.2 Å². The number of ether oxygens (including phenoxy) is 1. The number of amides is 1. The standard InChI is InChI=1S/C19H20N2O3/c1-24-19(23)15-7-3-4-8-16(15)20-18(22)11-13-21-12-10-14-6-2-5-9-17(14)21/h2-9H,10-13H2,1H3,(H,20,22). The van der Waals surface area contributed by atoms with E-state index in [9.17, 15) is 9.59 Å². The van der Waals surface area contributed by atoms with E-state index in [1.807, 2.05) is 12.1 Å². The van der Waals surface area contributed by atoms with Crippen LogP contribution in [0.2, 0.25) is 0 Å². The lowest BCUT2D eigenvalue weighted by molar-refractivity contribution is -0.116. The minimum absolute atomic E-state index is 0.115. The lowest BCUT2D eigenvalue weighted by Crippen LogP contribution is -2.26. The zero-order valence-corrected chi connectivity index (χ0v) is 13.6. The summed E-state index contributed by atoms with van der Waals surface area (Å²) in [5.41, 5.74) is 3.38. The number of carbonyl (C=O) groups is 2. The molecule has 5 heteroatoms. The van der Waals surface area contributed by atoms with Gasteiger partial charge in [0.15, 0.2) is 0 Å². The Morgan fingerprint density at radius 1 is 1.12 bits per heavy atom. The average molecular weight is 324 g/mol. The second-order valence-corrected chi connectivity index (χ2v) is 5.70. The maximum absolute atomic E-state index is 12.3. The molecule has 0 bridgehead atoms. The number of esters is 1. The van der Waals surface area contributed by atoms with Gasteiger partial charge in [-0.2, -0.15) is 0 Å². The molecule has 1 N–H and O–H groups in total. The Morgan fingerprint density at radius 2 is 1.88 bits per heavy atom. The van der Waals surface area contributed by atoms with Crippen molar-refractivity contribution in [2.45, 2.75) is 12.8 Å². The van der Waals surface area contributed by atoms with E-state index in [-0.39, 0.29) is 5.91 Å². The summed E-state index contributed by atoms with van der Waals surface area (Å²) in [6, 6.07) is 15.1. The van der Waals surface area contributed by atoms with Gasteiger partial charge in [0.1, 0.15) is 0 Å². The van der Waals surface area contributed by atoms with Gasteiger partial charge in [0.05, 0.1) is 18.4 Å². The first kappa shape index (κ1) is 16.1. The van der Waals surface area contributed by atoms with Crippen LogP contribution in [0.1, 0.15) is 22.3 Å². The van der Waals surface area contributed by atoms with E-state index in [0.29, 0.717) is 24.2 Å². The third-order valence-corrected chi connectivity index (χ3v) is 4.20. The normalized spacial score (nSPS) is 12.6. The minimum Gasteiger partial charge on any atom is -0.465 e. The number of rotatable bonds is 5. The molecular formula is C19H20N2O3. The summed E-state index contributed by atoms with van der Waals surface area (Å²) < 4.78 is 4.74. The average Bonchev–Trinajstić information content (AvgIpc) is 3.03. The van der Waals surface area contributed by atoms with Gasteiger partial charge in [0.2, 0.25) is 5.91 Å². The number of fused-ring (bicyclic) bond motifs is 1. The monoisotopic (exact) mass is 324 g/mol. The van der Waals surface area contributed by atoms with Crippen LogP contribution in [0.3, 0.4) is 0 Å². The molecule has 0 saturated heterocycles. The van der Waals surface area contributed by atoms with Gasteiger partial charge < -0.3 is 15.0 Å². The predicted octanol–water partition coefficient (Wildman–Crippen LogP) is 2.86. The van der Waals surface area contributed by atoms with Gasteiger partial charge in [0.25, 0.3) is 0 Å². The molecule has 0 radical (unpaired) electrons. The van der Waals surface area contributed by atoms with Crippen molar-refractivity contribution in [3.63, 3.8) is 0 Å². The molecule has 0 fully saturated rings. The SMILES string of the molecule is COC(=O)c1ccccc1NC(=O)CCN1CCc2ccccc21. The second kappa shape index (κ2) is 7.17. The molecule has 0 saturated carbocycles. The Labute approximate surface area is 141 Å². The van der Waals surface area contributed by atoms with E-state index in [4.69, 9.17) is 4.74 Å². The Bertz CT molecular complexity index is 758. The van der Waals surface area contributed by atoms with E-state index < -0.39 is 5.97 Å². The second-order valence-electron chi connectivity index (χ2n) is 5.70. The fraction of sp³-hybridized carbons (Fsp3) is 0.263. The largest absolute Gasteiger partial charge is 0.465 e. The molecule has 2 aromatic rings. The van der Waals surface area contributed by atoms with Crippen LogP contribution in [0, 0.1) is 0 Å². The number of anilines is 2. The molecule has 3 rings (SSSR count). The van der Waals surface area contributed by atoms with Crippen molar-refractivity contribution < 1.29 is 14.3 Å². The maximum Gasteiger partial charge on any atom is 0.339 e. The van der Waals surface area contributed by atoms with Crippen LogP contribution in [0.25, 0.3) is 0 Å². The Balaban J connectivity index is 1.61. The maximum atomic E-state index is 12.3. The van der Waals surface area contributed by atoms with Crippen molar-refractivity contribution in [1.29, 1.82) is 0 Å². The van der Waals surface area contributed by atoms with Gasteiger partial charge in [-0.25, -0.2) is 4.79 Å². The number of nitrogens with one attached hydrogen (secondary N) is 1. The predicted molar refractivity (Wildman–Crippen MR) is 93.4 cm³/mol. The number of benzene rings is 2. The molecule has 1 heterocycles. The van der Waals surface area contributed by atoms with Crippen LogP contribution in [-0.2, 0) is 16.0 Å². The number of hydrogen-bond donors (Lipinski definition) is 1. The fourth-order valence-electron chi connectivity index (χ4n) is 2.97. The highest BCUT2D eigenvalue weighted by molar-refractivity contribution is 6.01. The zero-order valence-electron chi connectivity index (χ0n) is 13.6. The summed E-state index contributed by atoms with van der Waals surface area (Å²) in [5, 5.41) is 2.81. The highest BCUT2D eigenvalue weighted by atomic mass is 16.5. The Morgan fingerprint density at radius 3 is 2.71 bits per heavy atom. The summed E-state index contributed by atoms with van der Waals surface area (Å²) >= 11 is 0. The van der Waals surface area contributed by atoms with E-state index in [0.717, 1.165) is 13.0 Å². The molecule has 0 aliphatic carbocycles. The molecule has 5 nitrogen and oxygen atoms in total. The third kappa shape index (κ3) is 3.40. The van der Waals surface area contributed by atoms with Crippen LogP contribution in [0.5, 0.6) is 0 Å². The first-order valence-electron chi connectivity index (χ1n) is 7.99. The van der Waals surface area contributed by atoms with Crippen molar-refractivity contribution in [3.8, 4) is 0 Å². The molecule has 0 unspecified atom stereocenters. The van der Waals surface area contributed by atoms with Crippen molar-refractivity contribution >= 4 is 23.3 Å². The van der Waals surface area contributed by atoms with Gasteiger partial charge in [-0.1, -0.05) is 30.3 Å². The van der Waals surface area contributed by atoms with E-state index in [1.165, 1.54) is 18.4 Å². The molecule has 124 valence electrons. The number of hydrogen-bond acceptors (Lipinski definition) is 4. The van der Waals surface area contributed by atoms with Crippen LogP contribution in [0.15, 0.2) is 48.5 Å². The quantitative estimate of drug-likeness (QED) is 0.859. The van der Waals surface area contributed by atoms with Crippen LogP contribution < -0.4 is 10.2 Å². The highest BCUT2D eigenvalue weighted by Crippen LogP contribution is 2.27. The highest BCUT2D eigenvalue weighted by Gasteiger charge is 2.19. The number of methoxy groups -OCH3 is 1. The smallest absolute Gasteiger partial charge is 0.339 e. The van der Waals surface area contributed by atoms with Crippen molar-refractivity contribution in [2.75, 3.05) is 30.4 Å². The Kier molecular flexibility index (Phi) is 4.79. The molecule has 2 aromatic carbocycles. The lowest BCUT2D eigenvalue weighted by atomic mass is 10.1. The molecule has 0 aromatic heterocycles. The summed E-state index contributed by atoms with van der Waals surface area (Å²) in [6.07, 6.45) is 1.38. The first-order valence-corrected chi connectivity index (χ1v) is 7.99. The van der Waals surface area contributed by atoms with E-state index >= 15 is 0 Å². The molecule has 24 heavy (non-hydrogen) atoms. The molecule has 1 aliphatic rings. The van der Waals surface area contributed by atoms with Crippen LogP contribution in [-0.4, -0.2) is 32.1 Å². The van der Waals surface area contributed by atoms with Crippen molar-refractivity contribution in [2.24, 2.45) is 0 Å². The molecular weight excluding hydrogens is 304 g/mol. The van der Waals surface area contributed by atoms with E-state index in [2.05, 4.69) is 22.3 Å². The zero-order chi connectivity index (χ0) is 16.9. The number of nitrogens with zero attached hydrogens (tertiary/aromatic N) is 1. The van der Waals surface area contributed by atoms with Crippen LogP contribution in [0.4, 0.5) is 11.4 Å². The fourth-order valence-corrected chi connectivity index (χ4v) is 2.97. The number of para-hydroxylation sites is 2. The first-order chi connectivity index (χ1) is 11.7. The minimum atomic E-state index is -0.459. The molecule has 0 atom stereocenters. The van der Waals surface area contributed by atoms with Gasteiger partial charge in [-0.05, 0) is 30.2 Å². The summed E-state index contributed by atoms with van der Waals surface area (Å²) in [7, 11) is 1.33. The molecule has 0 spiro atoms. The van der Waals surface area contributed by atoms with Gasteiger partial charge in [-0.3, -0.25) is 4.79 Å². The lowest BCUT2D eigenvalue weighted by Gasteiger charge is -2.19. The topological polar surface area (TPSA) is 58.6 Å². The number of carbonyl (C=O) groups excluding carboxylic acids is 2. The van der Waals surface area contributed by atoms with E-state index in [1.54, 1.807) is 24.3 Å². The molecule has 1 aliphatic heterocycles. The van der Waals surface area contributed by atoms with Gasteiger partial charge in [-0.15, -0.1) is 0 Å². The van der Waals surface area contributed by atoms with Gasteiger partial charge >= 0.3 is 5.97 Å². The third-order valence-electron chi connectivity index (χ3n) is 4.20.